The molecule has 170 valence electrons. The highest BCUT2D eigenvalue weighted by Gasteiger charge is 2.45. The van der Waals surface area contributed by atoms with Crippen LogP contribution in [0.15, 0.2) is 48.0 Å². The van der Waals surface area contributed by atoms with Crippen LogP contribution in [0, 0.1) is 12.8 Å². The monoisotopic (exact) mass is 457 g/mol. The molecule has 0 bridgehead atoms. The van der Waals surface area contributed by atoms with Crippen LogP contribution < -0.4 is 4.74 Å². The first-order chi connectivity index (χ1) is 15.2. The third kappa shape index (κ3) is 4.97. The van der Waals surface area contributed by atoms with Crippen molar-refractivity contribution < 1.29 is 24.2 Å². The fourth-order valence-corrected chi connectivity index (χ4v) is 3.79. The fraction of sp³-hybridized carbons (Fsp3) is 0.360. The Morgan fingerprint density at radius 3 is 2.44 bits per heavy atom. The van der Waals surface area contributed by atoms with E-state index in [0.717, 1.165) is 5.56 Å². The van der Waals surface area contributed by atoms with E-state index in [1.807, 2.05) is 6.92 Å². The quantitative estimate of drug-likeness (QED) is 0.351. The minimum absolute atomic E-state index is 0.0451. The predicted molar refractivity (Wildman–Crippen MR) is 124 cm³/mol. The Kier molecular flexibility index (Phi) is 7.59. The summed E-state index contributed by atoms with van der Waals surface area (Å²) in [6.45, 7) is 7.06. The van der Waals surface area contributed by atoms with Gasteiger partial charge in [-0.3, -0.25) is 9.59 Å². The summed E-state index contributed by atoms with van der Waals surface area (Å²) in [5.41, 5.74) is 2.00. The number of likely N-dealkylation sites (tertiary alicyclic amines) is 1. The number of aryl methyl sites for hydroxylation is 1. The van der Waals surface area contributed by atoms with E-state index in [0.29, 0.717) is 34.4 Å². The van der Waals surface area contributed by atoms with Crippen LogP contribution in [0.5, 0.6) is 5.75 Å². The number of ether oxygens (including phenoxy) is 2. The van der Waals surface area contributed by atoms with Crippen LogP contribution in [0.2, 0.25) is 5.02 Å². The zero-order chi connectivity index (χ0) is 23.4. The molecule has 1 aliphatic heterocycles. The van der Waals surface area contributed by atoms with Gasteiger partial charge in [0.2, 0.25) is 0 Å². The van der Waals surface area contributed by atoms with Crippen LogP contribution in [0.1, 0.15) is 36.6 Å². The molecule has 0 aromatic heterocycles. The predicted octanol–water partition coefficient (Wildman–Crippen LogP) is 4.75. The maximum Gasteiger partial charge on any atom is 0.295 e. The first-order valence-corrected chi connectivity index (χ1v) is 10.9. The highest BCUT2D eigenvalue weighted by atomic mass is 35.5. The maximum atomic E-state index is 13.0. The lowest BCUT2D eigenvalue weighted by Gasteiger charge is -2.25. The van der Waals surface area contributed by atoms with Crippen LogP contribution in [0.25, 0.3) is 5.76 Å². The summed E-state index contributed by atoms with van der Waals surface area (Å²) in [4.78, 5) is 27.2. The number of halogens is 1. The van der Waals surface area contributed by atoms with Gasteiger partial charge in [0, 0.05) is 24.2 Å². The molecule has 0 spiro atoms. The Hall–Kier alpha value is -2.83. The van der Waals surface area contributed by atoms with E-state index in [1.54, 1.807) is 42.5 Å². The zero-order valence-electron chi connectivity index (χ0n) is 18.7. The zero-order valence-corrected chi connectivity index (χ0v) is 19.5. The van der Waals surface area contributed by atoms with Gasteiger partial charge in [-0.25, -0.2) is 0 Å². The lowest BCUT2D eigenvalue weighted by atomic mass is 9.95. The number of Topliss-reactive ketones (excluding diaryl/α,β-unsaturated/α-hetero) is 1. The van der Waals surface area contributed by atoms with Crippen molar-refractivity contribution in [3.8, 4) is 5.75 Å². The highest BCUT2D eigenvalue weighted by molar-refractivity contribution is 6.46. The Bertz CT molecular complexity index is 1030. The number of aliphatic hydroxyl groups excluding tert-OH is 1. The average Bonchev–Trinajstić information content (AvgIpc) is 3.01. The number of rotatable bonds is 8. The molecule has 1 amide bonds. The van der Waals surface area contributed by atoms with E-state index in [9.17, 15) is 14.7 Å². The molecule has 2 aromatic carbocycles. The summed E-state index contributed by atoms with van der Waals surface area (Å²) in [6, 6.07) is 11.4. The summed E-state index contributed by atoms with van der Waals surface area (Å²) in [5.74, 6) is -0.523. The number of ketones is 1. The van der Waals surface area contributed by atoms with Crippen molar-refractivity contribution in [3.05, 3.63) is 69.8 Å². The number of aliphatic hydroxyl groups is 1. The van der Waals surface area contributed by atoms with E-state index in [4.69, 9.17) is 21.1 Å². The number of carbonyl (C=O) groups excluding carboxylic acids is 2. The number of nitrogens with zero attached hydrogens (tertiary/aromatic N) is 1. The first-order valence-electron chi connectivity index (χ1n) is 10.5. The lowest BCUT2D eigenvalue weighted by molar-refractivity contribution is -0.140. The van der Waals surface area contributed by atoms with Gasteiger partial charge in [0.05, 0.1) is 24.8 Å². The van der Waals surface area contributed by atoms with Gasteiger partial charge >= 0.3 is 0 Å². The Labute approximate surface area is 193 Å². The standard InChI is InChI=1S/C25H28ClNO5/c1-15(2)14-32-20-10-7-18(13-16(20)3)23(28)21-22(17-5-8-19(26)9-6-17)27(11-12-31-4)25(30)24(21)29/h5-10,13,15,22,28H,11-12,14H2,1-4H3/t22-/m0/s1. The molecule has 3 rings (SSSR count). The van der Waals surface area contributed by atoms with E-state index in [2.05, 4.69) is 13.8 Å². The molecule has 7 heteroatoms. The molecule has 1 fully saturated rings. The second-order valence-electron chi connectivity index (χ2n) is 8.22. The van der Waals surface area contributed by atoms with E-state index >= 15 is 0 Å². The number of benzene rings is 2. The molecule has 1 aliphatic rings. The summed E-state index contributed by atoms with van der Waals surface area (Å²) in [6.07, 6.45) is 0. The Morgan fingerprint density at radius 2 is 1.84 bits per heavy atom. The van der Waals surface area contributed by atoms with Gasteiger partial charge in [0.1, 0.15) is 11.5 Å². The maximum absolute atomic E-state index is 13.0. The molecule has 32 heavy (non-hydrogen) atoms. The molecule has 2 aromatic rings. The van der Waals surface area contributed by atoms with Gasteiger partial charge in [0.15, 0.2) is 0 Å². The van der Waals surface area contributed by atoms with Crippen molar-refractivity contribution in [2.24, 2.45) is 5.92 Å². The van der Waals surface area contributed by atoms with Crippen LogP contribution in [-0.2, 0) is 14.3 Å². The normalized spacial score (nSPS) is 17.9. The van der Waals surface area contributed by atoms with Crippen LogP contribution in [-0.4, -0.2) is 48.6 Å². The highest BCUT2D eigenvalue weighted by Crippen LogP contribution is 2.40. The van der Waals surface area contributed by atoms with Gasteiger partial charge in [-0.15, -0.1) is 0 Å². The summed E-state index contributed by atoms with van der Waals surface area (Å²) >= 11 is 6.03. The third-order valence-electron chi connectivity index (χ3n) is 5.28. The third-order valence-corrected chi connectivity index (χ3v) is 5.53. The molecule has 0 saturated carbocycles. The molecule has 1 heterocycles. The summed E-state index contributed by atoms with van der Waals surface area (Å²) in [7, 11) is 1.53. The number of carbonyl (C=O) groups is 2. The van der Waals surface area contributed by atoms with Gasteiger partial charge < -0.3 is 19.5 Å². The molecular weight excluding hydrogens is 430 g/mol. The van der Waals surface area contributed by atoms with Gasteiger partial charge in [-0.1, -0.05) is 37.6 Å². The van der Waals surface area contributed by atoms with Crippen molar-refractivity contribution >= 4 is 29.1 Å². The lowest BCUT2D eigenvalue weighted by Crippen LogP contribution is -2.32. The molecule has 1 saturated heterocycles. The minimum atomic E-state index is -0.736. The molecule has 0 unspecified atom stereocenters. The average molecular weight is 458 g/mol. The summed E-state index contributed by atoms with van der Waals surface area (Å²) in [5, 5.41) is 11.7. The second kappa shape index (κ2) is 10.2. The fourth-order valence-electron chi connectivity index (χ4n) is 3.66. The van der Waals surface area contributed by atoms with E-state index < -0.39 is 17.7 Å². The van der Waals surface area contributed by atoms with Gasteiger partial charge in [-0.2, -0.15) is 0 Å². The van der Waals surface area contributed by atoms with Crippen molar-refractivity contribution in [1.29, 1.82) is 0 Å². The number of hydrogen-bond donors (Lipinski definition) is 1. The second-order valence-corrected chi connectivity index (χ2v) is 8.66. The molecule has 0 radical (unpaired) electrons. The Balaban J connectivity index is 2.06. The molecule has 1 atom stereocenters. The minimum Gasteiger partial charge on any atom is -0.507 e. The van der Waals surface area contributed by atoms with Crippen molar-refractivity contribution in [2.45, 2.75) is 26.8 Å². The van der Waals surface area contributed by atoms with Crippen LogP contribution in [0.3, 0.4) is 0 Å². The molecule has 1 N–H and O–H groups in total. The van der Waals surface area contributed by atoms with Crippen molar-refractivity contribution in [3.63, 3.8) is 0 Å². The van der Waals surface area contributed by atoms with E-state index in [-0.39, 0.29) is 24.5 Å². The number of amides is 1. The molecule has 0 aliphatic carbocycles. The van der Waals surface area contributed by atoms with Crippen LogP contribution >= 0.6 is 11.6 Å². The number of hydrogen-bond acceptors (Lipinski definition) is 5. The van der Waals surface area contributed by atoms with Gasteiger partial charge in [0.25, 0.3) is 11.7 Å². The van der Waals surface area contributed by atoms with Gasteiger partial charge in [-0.05, 0) is 54.3 Å². The topological polar surface area (TPSA) is 76.1 Å². The van der Waals surface area contributed by atoms with Crippen LogP contribution in [0.4, 0.5) is 0 Å². The number of methoxy groups -OCH3 is 1. The van der Waals surface area contributed by atoms with Crippen molar-refractivity contribution in [1.82, 2.24) is 4.90 Å². The largest absolute Gasteiger partial charge is 0.507 e. The molecular formula is C25H28ClNO5. The van der Waals surface area contributed by atoms with Crippen molar-refractivity contribution in [2.75, 3.05) is 26.9 Å². The smallest absolute Gasteiger partial charge is 0.295 e. The SMILES string of the molecule is COCCN1C(=O)C(=O)C(=C(O)c2ccc(OCC(C)C)c(C)c2)[C@@H]1c1ccc(Cl)cc1. The first kappa shape index (κ1) is 23.8. The summed E-state index contributed by atoms with van der Waals surface area (Å²) < 4.78 is 10.9. The molecule has 6 nitrogen and oxygen atoms in total. The van der Waals surface area contributed by atoms with E-state index in [1.165, 1.54) is 12.0 Å². The Morgan fingerprint density at radius 1 is 1.16 bits per heavy atom.